The predicted octanol–water partition coefficient (Wildman–Crippen LogP) is 22.1. The van der Waals surface area contributed by atoms with E-state index in [2.05, 4.69) is 149 Å². The molecule has 0 aliphatic heterocycles. The van der Waals surface area contributed by atoms with Crippen molar-refractivity contribution in [3.63, 3.8) is 0 Å². The van der Waals surface area contributed by atoms with Crippen molar-refractivity contribution in [3.05, 3.63) is 134 Å². The second kappa shape index (κ2) is 72.5. The molecule has 0 bridgehead atoms. The Kier molecular flexibility index (Phi) is 69.1. The molecule has 572 valence electrons. The van der Waals surface area contributed by atoms with Crippen molar-refractivity contribution in [2.45, 2.75) is 316 Å². The van der Waals surface area contributed by atoms with Crippen LogP contribution in [0.25, 0.3) is 0 Å². The summed E-state index contributed by atoms with van der Waals surface area (Å²) in [5.74, 6) is -2.30. The van der Waals surface area contributed by atoms with Crippen molar-refractivity contribution in [1.82, 2.24) is 0 Å². The highest BCUT2D eigenvalue weighted by Crippen LogP contribution is 2.45. The fourth-order valence-corrected chi connectivity index (χ4v) is 11.4. The lowest BCUT2D eigenvalue weighted by molar-refractivity contribution is -0.161. The number of phosphoric acid groups is 2. The van der Waals surface area contributed by atoms with Crippen LogP contribution in [-0.4, -0.2) is 96.7 Å². The SMILES string of the molecule is CC/C=C\C/C=C\C/C=C\C/C=C\C/C=C\CCCC(=O)OCC(COP(=O)(O)OCC(O)COP(=O)(O)OCC(COC(=O)CCCC/C=C\C/C=C\C/C=C\C/C=C\CC)OC(=O)CCCCCCC/C=C\C/C=C\CCC)OC(=O)CCCCCCCCCCCCCCCCC. The number of carbonyl (C=O) groups excluding carboxylic acids is 4. The lowest BCUT2D eigenvalue weighted by atomic mass is 10.0. The van der Waals surface area contributed by atoms with Crippen molar-refractivity contribution in [2.24, 2.45) is 0 Å². The van der Waals surface area contributed by atoms with Crippen LogP contribution in [0, 0.1) is 0 Å². The number of hydrogen-bond acceptors (Lipinski definition) is 15. The number of allylic oxidation sites excluding steroid dienone is 22. The molecule has 0 aliphatic carbocycles. The number of aliphatic hydroxyl groups is 1. The minimum atomic E-state index is -4.99. The van der Waals surface area contributed by atoms with Gasteiger partial charge in [0.1, 0.15) is 19.3 Å². The van der Waals surface area contributed by atoms with E-state index in [0.717, 1.165) is 148 Å². The fourth-order valence-electron chi connectivity index (χ4n) is 9.81. The van der Waals surface area contributed by atoms with Gasteiger partial charge in [0.25, 0.3) is 0 Å². The molecule has 0 spiro atoms. The van der Waals surface area contributed by atoms with Crippen LogP contribution in [-0.2, 0) is 65.4 Å². The van der Waals surface area contributed by atoms with Gasteiger partial charge in [-0.1, -0.05) is 277 Å². The van der Waals surface area contributed by atoms with Gasteiger partial charge in [0.15, 0.2) is 12.2 Å². The average molecular weight is 1440 g/mol. The summed E-state index contributed by atoms with van der Waals surface area (Å²) >= 11 is 0. The molecule has 0 aromatic heterocycles. The highest BCUT2D eigenvalue weighted by molar-refractivity contribution is 7.47. The topological polar surface area (TPSA) is 237 Å². The molecule has 0 saturated heterocycles. The van der Waals surface area contributed by atoms with Crippen molar-refractivity contribution >= 4 is 39.5 Å². The van der Waals surface area contributed by atoms with Crippen molar-refractivity contribution in [1.29, 1.82) is 0 Å². The monoisotopic (exact) mass is 1440 g/mol. The van der Waals surface area contributed by atoms with Gasteiger partial charge in [-0.05, 0) is 128 Å². The van der Waals surface area contributed by atoms with E-state index < -0.39 is 97.5 Å². The van der Waals surface area contributed by atoms with Gasteiger partial charge in [-0.2, -0.15) is 0 Å². The maximum atomic E-state index is 13.1. The number of rotatable bonds is 71. The average Bonchev–Trinajstić information content (AvgIpc) is 1.06. The summed E-state index contributed by atoms with van der Waals surface area (Å²) in [6.45, 7) is 4.46. The number of phosphoric ester groups is 2. The third kappa shape index (κ3) is 71.6. The van der Waals surface area contributed by atoms with E-state index in [1.165, 1.54) is 64.2 Å². The van der Waals surface area contributed by atoms with E-state index in [9.17, 15) is 43.2 Å². The molecule has 0 rings (SSSR count). The van der Waals surface area contributed by atoms with Crippen LogP contribution in [0.2, 0.25) is 0 Å². The Balaban J connectivity index is 5.44. The zero-order chi connectivity index (χ0) is 73.2. The molecular weight excluding hydrogens is 1310 g/mol. The third-order valence-electron chi connectivity index (χ3n) is 15.6. The lowest BCUT2D eigenvalue weighted by Crippen LogP contribution is -2.30. The summed E-state index contributed by atoms with van der Waals surface area (Å²) < 4.78 is 68.4. The smallest absolute Gasteiger partial charge is 0.462 e. The van der Waals surface area contributed by atoms with Crippen LogP contribution < -0.4 is 0 Å². The Bertz CT molecular complexity index is 2420. The van der Waals surface area contributed by atoms with Gasteiger partial charge in [-0.15, -0.1) is 0 Å². The first-order valence-electron chi connectivity index (χ1n) is 38.4. The van der Waals surface area contributed by atoms with E-state index in [1.807, 2.05) is 12.2 Å². The lowest BCUT2D eigenvalue weighted by Gasteiger charge is -2.21. The van der Waals surface area contributed by atoms with Gasteiger partial charge < -0.3 is 33.8 Å². The first-order valence-corrected chi connectivity index (χ1v) is 41.4. The van der Waals surface area contributed by atoms with Crippen molar-refractivity contribution in [3.8, 4) is 0 Å². The fraction of sp³-hybridized carbons (Fsp3) is 0.679. The summed E-state index contributed by atoms with van der Waals surface area (Å²) in [6, 6.07) is 0. The second-order valence-electron chi connectivity index (χ2n) is 25.2. The quantitative estimate of drug-likeness (QED) is 0.0169. The van der Waals surface area contributed by atoms with E-state index in [-0.39, 0.29) is 25.7 Å². The predicted molar refractivity (Wildman–Crippen MR) is 408 cm³/mol. The Morgan fingerprint density at radius 1 is 0.290 bits per heavy atom. The minimum absolute atomic E-state index is 0.0654. The zero-order valence-electron chi connectivity index (χ0n) is 62.3. The molecule has 0 fully saturated rings. The van der Waals surface area contributed by atoms with E-state index in [4.69, 9.17) is 37.0 Å². The van der Waals surface area contributed by atoms with Gasteiger partial charge in [0.05, 0.1) is 26.4 Å². The van der Waals surface area contributed by atoms with Crippen LogP contribution >= 0.6 is 15.6 Å². The Labute approximate surface area is 605 Å². The number of unbranched alkanes of at least 4 members (excludes halogenated alkanes) is 23. The van der Waals surface area contributed by atoms with Crippen LogP contribution in [0.15, 0.2) is 134 Å². The molecule has 3 N–H and O–H groups in total. The summed E-state index contributed by atoms with van der Waals surface area (Å²) in [4.78, 5) is 72.9. The van der Waals surface area contributed by atoms with Crippen LogP contribution in [0.5, 0.6) is 0 Å². The molecular formula is C81H136O17P2. The van der Waals surface area contributed by atoms with Gasteiger partial charge in [0, 0.05) is 25.7 Å². The molecule has 17 nitrogen and oxygen atoms in total. The number of hydrogen-bond donors (Lipinski definition) is 3. The zero-order valence-corrected chi connectivity index (χ0v) is 64.1. The molecule has 0 aliphatic rings. The van der Waals surface area contributed by atoms with Crippen molar-refractivity contribution in [2.75, 3.05) is 39.6 Å². The molecule has 0 saturated carbocycles. The number of aliphatic hydroxyl groups excluding tert-OH is 1. The van der Waals surface area contributed by atoms with Crippen LogP contribution in [0.1, 0.15) is 297 Å². The molecule has 19 heteroatoms. The standard InChI is InChI=1S/C81H136O17P2/c1-5-9-13-17-21-25-29-33-36-37-40-43-46-50-54-58-62-66-79(84)92-72-77(98-81(86)68-64-60-56-52-48-44-39-35-31-27-23-19-15-11-7-3)74-96-100(89,90)94-70-75(82)69-93-99(87,88)95-73-76(97-80(85)67-63-59-55-51-47-41-32-28-24-20-16-12-8-4)71-91-78(83)65-61-57-53-49-45-42-38-34-30-26-22-18-14-10-6-2/h9-10,13-14,16,20-22,25-26,28,32-34,36,38,40,43,45,49-50,54,75-77,82H,5-8,11-12,15,17-19,23-24,27,29-31,35,37,39,41-42,44,46-48,51-53,55-74H2,1-4H3,(H,87,88)(H,89,90)/b13-9-,14-10-,20-16-,25-21-,26-22-,32-28-,36-33-,38-34-,43-40-,49-45-,54-50-. The minimum Gasteiger partial charge on any atom is -0.462 e. The maximum absolute atomic E-state index is 13.1. The van der Waals surface area contributed by atoms with Gasteiger partial charge in [0.2, 0.25) is 0 Å². The summed E-state index contributed by atoms with van der Waals surface area (Å²) in [5, 5.41) is 10.6. The normalized spacial score (nSPS) is 14.7. The van der Waals surface area contributed by atoms with E-state index in [1.54, 1.807) is 0 Å². The largest absolute Gasteiger partial charge is 0.472 e. The summed E-state index contributed by atoms with van der Waals surface area (Å²) in [6.07, 6.45) is 80.2. The maximum Gasteiger partial charge on any atom is 0.472 e. The molecule has 5 atom stereocenters. The Morgan fingerprint density at radius 3 is 0.900 bits per heavy atom. The second-order valence-corrected chi connectivity index (χ2v) is 28.1. The Hall–Kier alpha value is -4.80. The van der Waals surface area contributed by atoms with Crippen molar-refractivity contribution < 1.29 is 80.2 Å². The molecule has 0 aromatic rings. The highest BCUT2D eigenvalue weighted by atomic mass is 31.2. The molecule has 0 aromatic carbocycles. The van der Waals surface area contributed by atoms with E-state index in [0.29, 0.717) is 32.1 Å². The van der Waals surface area contributed by atoms with Gasteiger partial charge in [-0.3, -0.25) is 37.3 Å². The molecule has 100 heavy (non-hydrogen) atoms. The third-order valence-corrected chi connectivity index (χ3v) is 17.5. The Morgan fingerprint density at radius 2 is 0.550 bits per heavy atom. The number of carbonyl (C=O) groups is 4. The molecule has 0 amide bonds. The first-order chi connectivity index (χ1) is 48.7. The van der Waals surface area contributed by atoms with Gasteiger partial charge in [-0.25, -0.2) is 9.13 Å². The summed E-state index contributed by atoms with van der Waals surface area (Å²) in [5.41, 5.74) is 0. The van der Waals surface area contributed by atoms with E-state index >= 15 is 0 Å². The number of esters is 4. The molecule has 5 unspecified atom stereocenters. The van der Waals surface area contributed by atoms with Gasteiger partial charge >= 0.3 is 39.5 Å². The molecule has 0 radical (unpaired) electrons. The van der Waals surface area contributed by atoms with Crippen LogP contribution in [0.3, 0.4) is 0 Å². The summed E-state index contributed by atoms with van der Waals surface area (Å²) in [7, 11) is -9.98. The first kappa shape index (κ1) is 95.2. The highest BCUT2D eigenvalue weighted by Gasteiger charge is 2.30. The molecule has 0 heterocycles. The number of ether oxygens (including phenoxy) is 4. The van der Waals surface area contributed by atoms with Crippen LogP contribution in [0.4, 0.5) is 0 Å².